The molecule has 144 valence electrons. The molecule has 1 rings (SSSR count). The van der Waals surface area contributed by atoms with Crippen LogP contribution in [0.15, 0.2) is 18.2 Å². The summed E-state index contributed by atoms with van der Waals surface area (Å²) in [6.45, 7) is 8.02. The molecule has 26 heavy (non-hydrogen) atoms. The van der Waals surface area contributed by atoms with Crippen LogP contribution in [0.2, 0.25) is 0 Å². The third kappa shape index (κ3) is 7.06. The number of anilines is 1. The van der Waals surface area contributed by atoms with Gasteiger partial charge in [-0.1, -0.05) is 6.92 Å². The van der Waals surface area contributed by atoms with Crippen LogP contribution in [0.1, 0.15) is 27.7 Å². The number of nitrogens with zero attached hydrogens (tertiary/aromatic N) is 2. The number of rotatable bonds is 8. The zero-order chi connectivity index (χ0) is 19.9. The maximum Gasteiger partial charge on any atom is 0.271 e. The van der Waals surface area contributed by atoms with Crippen molar-refractivity contribution in [1.82, 2.24) is 10.2 Å². The van der Waals surface area contributed by atoms with Crippen LogP contribution in [-0.2, 0) is 9.59 Å². The molecule has 0 radical (unpaired) electrons. The van der Waals surface area contributed by atoms with E-state index in [9.17, 15) is 19.7 Å². The molecule has 0 saturated carbocycles. The molecular weight excluding hydrogens is 340 g/mol. The molecule has 0 atom stereocenters. The molecule has 1 aromatic carbocycles. The zero-order valence-corrected chi connectivity index (χ0v) is 15.8. The summed E-state index contributed by atoms with van der Waals surface area (Å²) in [6, 6.07) is 3.95. The molecule has 9 heteroatoms. The van der Waals surface area contributed by atoms with Crippen molar-refractivity contribution in [2.45, 2.75) is 33.2 Å². The van der Waals surface area contributed by atoms with Crippen LogP contribution >= 0.6 is 0 Å². The highest BCUT2D eigenvalue weighted by Crippen LogP contribution is 2.28. The van der Waals surface area contributed by atoms with Crippen LogP contribution in [0, 0.1) is 10.1 Å². The van der Waals surface area contributed by atoms with Crippen LogP contribution < -0.4 is 15.4 Å². The SMILES string of the molecule is CCN(CC(=O)Nc1cc([N+](=O)[O-])ccc1OC)CC(=O)NC(C)(C)C. The van der Waals surface area contributed by atoms with Gasteiger partial charge in [0, 0.05) is 17.7 Å². The molecule has 0 fully saturated rings. The smallest absolute Gasteiger partial charge is 0.271 e. The summed E-state index contributed by atoms with van der Waals surface area (Å²) in [4.78, 5) is 36.3. The molecule has 0 aliphatic heterocycles. The molecule has 0 bridgehead atoms. The summed E-state index contributed by atoms with van der Waals surface area (Å²) in [5.74, 6) is -0.258. The van der Waals surface area contributed by atoms with E-state index in [1.807, 2.05) is 27.7 Å². The first-order valence-electron chi connectivity index (χ1n) is 8.21. The number of amides is 2. The van der Waals surface area contributed by atoms with E-state index in [4.69, 9.17) is 4.74 Å². The van der Waals surface area contributed by atoms with Crippen LogP contribution in [0.3, 0.4) is 0 Å². The van der Waals surface area contributed by atoms with Crippen molar-refractivity contribution in [2.75, 3.05) is 32.1 Å². The second-order valence-electron chi connectivity index (χ2n) is 6.79. The lowest BCUT2D eigenvalue weighted by atomic mass is 10.1. The summed E-state index contributed by atoms with van der Waals surface area (Å²) in [6.07, 6.45) is 0. The summed E-state index contributed by atoms with van der Waals surface area (Å²) in [5, 5.41) is 16.3. The lowest BCUT2D eigenvalue weighted by Gasteiger charge is -2.24. The first kappa shape index (κ1) is 21.4. The number of nitro benzene ring substituents is 1. The van der Waals surface area contributed by atoms with Gasteiger partial charge in [0.25, 0.3) is 5.69 Å². The van der Waals surface area contributed by atoms with E-state index in [0.29, 0.717) is 12.3 Å². The Morgan fingerprint density at radius 3 is 2.35 bits per heavy atom. The maximum absolute atomic E-state index is 12.3. The second kappa shape index (κ2) is 9.14. The fourth-order valence-corrected chi connectivity index (χ4v) is 2.24. The van der Waals surface area contributed by atoms with Crippen molar-refractivity contribution in [3.05, 3.63) is 28.3 Å². The van der Waals surface area contributed by atoms with Crippen LogP contribution in [0.5, 0.6) is 5.75 Å². The van der Waals surface area contributed by atoms with E-state index in [1.165, 1.54) is 25.3 Å². The predicted octanol–water partition coefficient (Wildman–Crippen LogP) is 1.78. The zero-order valence-electron chi connectivity index (χ0n) is 15.8. The predicted molar refractivity (Wildman–Crippen MR) is 98.3 cm³/mol. The normalized spacial score (nSPS) is 11.2. The first-order valence-corrected chi connectivity index (χ1v) is 8.21. The van der Waals surface area contributed by atoms with Crippen molar-refractivity contribution in [3.8, 4) is 5.75 Å². The summed E-state index contributed by atoms with van der Waals surface area (Å²) < 4.78 is 5.12. The molecule has 0 saturated heterocycles. The number of methoxy groups -OCH3 is 1. The van der Waals surface area contributed by atoms with E-state index < -0.39 is 10.8 Å². The molecule has 0 heterocycles. The van der Waals surface area contributed by atoms with Crippen molar-refractivity contribution in [1.29, 1.82) is 0 Å². The van der Waals surface area contributed by atoms with Crippen LogP contribution in [0.4, 0.5) is 11.4 Å². The van der Waals surface area contributed by atoms with E-state index >= 15 is 0 Å². The standard InChI is InChI=1S/C17H26N4O5/c1-6-20(11-16(23)19-17(2,3)4)10-15(22)18-13-9-12(21(24)25)7-8-14(13)26-5/h7-9H,6,10-11H2,1-5H3,(H,18,22)(H,19,23). The minimum atomic E-state index is -0.551. The van der Waals surface area contributed by atoms with E-state index in [0.717, 1.165) is 0 Å². The number of carbonyl (C=O) groups is 2. The van der Waals surface area contributed by atoms with E-state index in [1.54, 1.807) is 4.90 Å². The van der Waals surface area contributed by atoms with Gasteiger partial charge >= 0.3 is 0 Å². The molecule has 2 amide bonds. The summed E-state index contributed by atoms with van der Waals surface area (Å²) in [7, 11) is 1.41. The molecule has 0 aliphatic rings. The molecule has 0 aromatic heterocycles. The van der Waals surface area contributed by atoms with Crippen LogP contribution in [-0.4, -0.2) is 53.9 Å². The van der Waals surface area contributed by atoms with Crippen LogP contribution in [0.25, 0.3) is 0 Å². The highest BCUT2D eigenvalue weighted by Gasteiger charge is 2.19. The Labute approximate surface area is 152 Å². The molecular formula is C17H26N4O5. The minimum Gasteiger partial charge on any atom is -0.495 e. The highest BCUT2D eigenvalue weighted by atomic mass is 16.6. The Balaban J connectivity index is 2.76. The largest absolute Gasteiger partial charge is 0.495 e. The van der Waals surface area contributed by atoms with Gasteiger partial charge in [-0.15, -0.1) is 0 Å². The van der Waals surface area contributed by atoms with Crippen molar-refractivity contribution in [2.24, 2.45) is 0 Å². The minimum absolute atomic E-state index is 0.0279. The van der Waals surface area contributed by atoms with E-state index in [-0.39, 0.29) is 35.9 Å². The molecule has 1 aromatic rings. The number of benzene rings is 1. The summed E-state index contributed by atoms with van der Waals surface area (Å²) in [5.41, 5.74) is -0.297. The quantitative estimate of drug-likeness (QED) is 0.535. The Kier molecular flexibility index (Phi) is 7.51. The van der Waals surface area contributed by atoms with Crippen molar-refractivity contribution < 1.29 is 19.2 Å². The van der Waals surface area contributed by atoms with Crippen molar-refractivity contribution in [3.63, 3.8) is 0 Å². The van der Waals surface area contributed by atoms with Gasteiger partial charge in [0.15, 0.2) is 0 Å². The third-order valence-electron chi connectivity index (χ3n) is 3.36. The average Bonchev–Trinajstić information content (AvgIpc) is 2.52. The Bertz CT molecular complexity index is 670. The van der Waals surface area contributed by atoms with Gasteiger partial charge in [0.05, 0.1) is 30.8 Å². The fraction of sp³-hybridized carbons (Fsp3) is 0.529. The van der Waals surface area contributed by atoms with Gasteiger partial charge in [0.1, 0.15) is 5.75 Å². The van der Waals surface area contributed by atoms with Gasteiger partial charge < -0.3 is 15.4 Å². The molecule has 9 nitrogen and oxygen atoms in total. The third-order valence-corrected chi connectivity index (χ3v) is 3.36. The molecule has 0 aliphatic carbocycles. The first-order chi connectivity index (χ1) is 12.1. The van der Waals surface area contributed by atoms with Gasteiger partial charge in [0.2, 0.25) is 11.8 Å². The number of hydrogen-bond acceptors (Lipinski definition) is 6. The summed E-state index contributed by atoms with van der Waals surface area (Å²) >= 11 is 0. The average molecular weight is 366 g/mol. The second-order valence-corrected chi connectivity index (χ2v) is 6.79. The van der Waals surface area contributed by atoms with Gasteiger partial charge in [-0.05, 0) is 33.4 Å². The monoisotopic (exact) mass is 366 g/mol. The van der Waals surface area contributed by atoms with Gasteiger partial charge in [-0.2, -0.15) is 0 Å². The number of nitro groups is 1. The highest BCUT2D eigenvalue weighted by molar-refractivity contribution is 5.94. The van der Waals surface area contributed by atoms with Gasteiger partial charge in [-0.25, -0.2) is 0 Å². The lowest BCUT2D eigenvalue weighted by Crippen LogP contribution is -2.47. The Hall–Kier alpha value is -2.68. The number of non-ortho nitro benzene ring substituents is 1. The maximum atomic E-state index is 12.3. The Morgan fingerprint density at radius 1 is 1.23 bits per heavy atom. The Morgan fingerprint density at radius 2 is 1.85 bits per heavy atom. The van der Waals surface area contributed by atoms with Crippen molar-refractivity contribution >= 4 is 23.2 Å². The number of nitrogens with one attached hydrogen (secondary N) is 2. The number of hydrogen-bond donors (Lipinski definition) is 2. The number of carbonyl (C=O) groups excluding carboxylic acids is 2. The van der Waals surface area contributed by atoms with E-state index in [2.05, 4.69) is 10.6 Å². The number of ether oxygens (including phenoxy) is 1. The fourth-order valence-electron chi connectivity index (χ4n) is 2.24. The van der Waals surface area contributed by atoms with Gasteiger partial charge in [-0.3, -0.25) is 24.6 Å². The topological polar surface area (TPSA) is 114 Å². The molecule has 0 spiro atoms. The lowest BCUT2D eigenvalue weighted by molar-refractivity contribution is -0.384. The molecule has 2 N–H and O–H groups in total. The molecule has 0 unspecified atom stereocenters. The number of likely N-dealkylation sites (N-methyl/N-ethyl adjacent to an activating group) is 1.